The Labute approximate surface area is 194 Å². The topological polar surface area (TPSA) is 161 Å². The lowest BCUT2D eigenvalue weighted by Gasteiger charge is -2.50. The lowest BCUT2D eigenvalue weighted by atomic mass is 9.57. The SMILES string of the molecule is C=C(Cl)c1ccc(O)c2c1C[C@H]1C[C@H]3[C@@H](N(C)C)C(=O)C(C(N)=O)=C(O)[C@@]3(O)C(=O)C1=C2O. The summed E-state index contributed by atoms with van der Waals surface area (Å²) in [6.07, 6.45) is 0.166. The zero-order chi connectivity index (χ0) is 24.6. The smallest absolute Gasteiger partial charge is 0.255 e. The zero-order valence-electron chi connectivity index (χ0n) is 17.9. The minimum absolute atomic E-state index is 0.00954. The van der Waals surface area contributed by atoms with E-state index in [0.29, 0.717) is 11.1 Å². The molecule has 9 nitrogen and oxygen atoms in total. The molecule has 10 heteroatoms. The lowest BCUT2D eigenvalue weighted by Crippen LogP contribution is -2.65. The second-order valence-electron chi connectivity index (χ2n) is 8.85. The average Bonchev–Trinajstić information content (AvgIpc) is 2.70. The molecule has 6 N–H and O–H groups in total. The van der Waals surface area contributed by atoms with Gasteiger partial charge in [-0.2, -0.15) is 0 Å². The number of hydrogen-bond acceptors (Lipinski definition) is 8. The van der Waals surface area contributed by atoms with Gasteiger partial charge in [0.2, 0.25) is 5.78 Å². The van der Waals surface area contributed by atoms with Crippen LogP contribution in [-0.4, -0.2) is 68.5 Å². The number of nitrogens with two attached hydrogens (primary N) is 1. The molecule has 1 fully saturated rings. The Morgan fingerprint density at radius 1 is 1.24 bits per heavy atom. The Kier molecular flexibility index (Phi) is 5.19. The Balaban J connectivity index is 2.00. The predicted molar refractivity (Wildman–Crippen MR) is 119 cm³/mol. The van der Waals surface area contributed by atoms with Gasteiger partial charge in [-0.15, -0.1) is 0 Å². The fourth-order valence-electron chi connectivity index (χ4n) is 5.50. The van der Waals surface area contributed by atoms with E-state index in [-0.39, 0.29) is 34.8 Å². The molecule has 1 aromatic carbocycles. The molecule has 1 amide bonds. The van der Waals surface area contributed by atoms with Crippen LogP contribution < -0.4 is 5.73 Å². The number of ketones is 2. The largest absolute Gasteiger partial charge is 0.508 e. The van der Waals surface area contributed by atoms with E-state index in [0.717, 1.165) is 0 Å². The normalized spacial score (nSPS) is 29.1. The van der Waals surface area contributed by atoms with Gasteiger partial charge in [-0.1, -0.05) is 18.2 Å². The van der Waals surface area contributed by atoms with E-state index in [4.69, 9.17) is 17.3 Å². The number of rotatable bonds is 3. The van der Waals surface area contributed by atoms with Gasteiger partial charge in [0.25, 0.3) is 5.91 Å². The summed E-state index contributed by atoms with van der Waals surface area (Å²) in [7, 11) is 3.09. The number of primary amides is 1. The second kappa shape index (κ2) is 7.44. The number of halogens is 1. The van der Waals surface area contributed by atoms with Crippen LogP contribution in [0.3, 0.4) is 0 Å². The van der Waals surface area contributed by atoms with Crippen molar-refractivity contribution in [3.05, 3.63) is 52.3 Å². The van der Waals surface area contributed by atoms with Gasteiger partial charge in [-0.25, -0.2) is 0 Å². The molecule has 1 saturated carbocycles. The van der Waals surface area contributed by atoms with Gasteiger partial charge >= 0.3 is 0 Å². The molecule has 0 bridgehead atoms. The van der Waals surface area contributed by atoms with Gasteiger partial charge < -0.3 is 26.2 Å². The predicted octanol–water partition coefficient (Wildman–Crippen LogP) is 1.17. The number of hydrogen-bond donors (Lipinski definition) is 5. The number of aromatic hydroxyl groups is 1. The molecular weight excluding hydrogens is 452 g/mol. The highest BCUT2D eigenvalue weighted by molar-refractivity contribution is 6.48. The highest BCUT2D eigenvalue weighted by atomic mass is 35.5. The molecule has 4 atom stereocenters. The van der Waals surface area contributed by atoms with Crippen molar-refractivity contribution < 1.29 is 34.8 Å². The highest BCUT2D eigenvalue weighted by Crippen LogP contribution is 2.53. The van der Waals surface area contributed by atoms with Crippen LogP contribution in [0.4, 0.5) is 0 Å². The molecule has 3 aliphatic carbocycles. The number of fused-ring (bicyclic) bond motifs is 3. The molecule has 33 heavy (non-hydrogen) atoms. The van der Waals surface area contributed by atoms with Crippen LogP contribution in [-0.2, 0) is 20.8 Å². The number of Topliss-reactive ketones (excluding diaryl/α,β-unsaturated/α-hetero) is 2. The minimum atomic E-state index is -2.66. The van der Waals surface area contributed by atoms with Crippen molar-refractivity contribution in [2.24, 2.45) is 17.6 Å². The molecule has 0 aliphatic heterocycles. The van der Waals surface area contributed by atoms with E-state index in [1.807, 2.05) is 0 Å². The van der Waals surface area contributed by atoms with Gasteiger partial charge in [-0.3, -0.25) is 19.3 Å². The molecule has 174 valence electrons. The third-order valence-electron chi connectivity index (χ3n) is 6.90. The first-order valence-corrected chi connectivity index (χ1v) is 10.6. The fourth-order valence-corrected chi connectivity index (χ4v) is 5.68. The lowest BCUT2D eigenvalue weighted by molar-refractivity contribution is -0.153. The number of carbonyl (C=O) groups excluding carboxylic acids is 3. The van der Waals surface area contributed by atoms with Crippen LogP contribution in [0.5, 0.6) is 5.75 Å². The van der Waals surface area contributed by atoms with Crippen LogP contribution in [0.25, 0.3) is 10.8 Å². The maximum absolute atomic E-state index is 13.7. The van der Waals surface area contributed by atoms with Crippen LogP contribution in [0.1, 0.15) is 23.1 Å². The average molecular weight is 475 g/mol. The molecule has 0 saturated heterocycles. The molecule has 1 aromatic rings. The standard InChI is InChI=1S/C23H23ClN2O7/c1-8(24)10-4-5-13(27)15-11(10)6-9-7-12-17(26(2)3)19(29)16(22(25)32)21(31)23(12,33)20(30)14(9)18(15)28/h4-5,9,12,17,27-28,31,33H,1,6-7H2,2-3H3,(H2,25,32)/t9-,12-,17+,23-/m0/s1. The Morgan fingerprint density at radius 2 is 1.88 bits per heavy atom. The van der Waals surface area contributed by atoms with Crippen LogP contribution in [0, 0.1) is 11.8 Å². The Bertz CT molecular complexity index is 1220. The third kappa shape index (κ3) is 2.96. The van der Waals surface area contributed by atoms with E-state index in [2.05, 4.69) is 6.58 Å². The molecular formula is C23H23ClN2O7. The maximum atomic E-state index is 13.7. The van der Waals surface area contributed by atoms with Gasteiger partial charge in [0, 0.05) is 16.5 Å². The maximum Gasteiger partial charge on any atom is 0.255 e. The fraction of sp³-hybridized carbons (Fsp3) is 0.348. The number of aliphatic hydroxyl groups is 3. The van der Waals surface area contributed by atoms with E-state index in [1.54, 1.807) is 20.2 Å². The summed E-state index contributed by atoms with van der Waals surface area (Å²) in [5, 5.41) is 43.9. The minimum Gasteiger partial charge on any atom is -0.508 e. The summed E-state index contributed by atoms with van der Waals surface area (Å²) in [6.45, 7) is 3.71. The van der Waals surface area contributed by atoms with E-state index in [1.165, 1.54) is 11.0 Å². The quantitative estimate of drug-likeness (QED) is 0.408. The van der Waals surface area contributed by atoms with Crippen LogP contribution in [0.15, 0.2) is 35.6 Å². The third-order valence-corrected chi connectivity index (χ3v) is 7.10. The first-order chi connectivity index (χ1) is 15.3. The molecule has 0 aromatic heterocycles. The van der Waals surface area contributed by atoms with Gasteiger partial charge in [0.15, 0.2) is 11.4 Å². The van der Waals surface area contributed by atoms with Crippen LogP contribution in [0.2, 0.25) is 0 Å². The van der Waals surface area contributed by atoms with Crippen molar-refractivity contribution in [2.45, 2.75) is 24.5 Å². The number of nitrogens with zero attached hydrogens (tertiary/aromatic N) is 1. The molecule has 0 unspecified atom stereocenters. The number of phenols is 1. The van der Waals surface area contributed by atoms with Crippen molar-refractivity contribution in [1.29, 1.82) is 0 Å². The number of likely N-dealkylation sites (N-methyl/N-ethyl adjacent to an activating group) is 1. The van der Waals surface area contributed by atoms with Gasteiger partial charge in [-0.05, 0) is 56.1 Å². The Hall–Kier alpha value is -3.14. The summed E-state index contributed by atoms with van der Waals surface area (Å²) in [6, 6.07) is 1.71. The van der Waals surface area contributed by atoms with Crippen molar-refractivity contribution in [3.8, 4) is 5.75 Å². The molecule has 3 aliphatic rings. The van der Waals surface area contributed by atoms with Gasteiger partial charge in [0.05, 0.1) is 11.6 Å². The Morgan fingerprint density at radius 3 is 2.42 bits per heavy atom. The molecule has 0 heterocycles. The van der Waals surface area contributed by atoms with Crippen molar-refractivity contribution >= 4 is 39.9 Å². The van der Waals surface area contributed by atoms with Gasteiger partial charge in [0.1, 0.15) is 22.8 Å². The summed E-state index contributed by atoms with van der Waals surface area (Å²) in [5.41, 5.74) is 2.50. The number of carbonyl (C=O) groups is 3. The number of benzene rings is 1. The molecule has 0 radical (unpaired) electrons. The molecule has 4 rings (SSSR count). The summed E-state index contributed by atoms with van der Waals surface area (Å²) < 4.78 is 0. The number of amides is 1. The second-order valence-corrected chi connectivity index (χ2v) is 9.31. The first kappa shape index (κ1) is 23.0. The van der Waals surface area contributed by atoms with Crippen LogP contribution >= 0.6 is 11.6 Å². The first-order valence-electron chi connectivity index (χ1n) is 10.2. The van der Waals surface area contributed by atoms with Crippen molar-refractivity contribution in [1.82, 2.24) is 4.90 Å². The van der Waals surface area contributed by atoms with E-state index < -0.39 is 58.0 Å². The monoisotopic (exact) mass is 474 g/mol. The zero-order valence-corrected chi connectivity index (χ0v) is 18.7. The van der Waals surface area contributed by atoms with Crippen molar-refractivity contribution in [2.75, 3.05) is 14.1 Å². The summed E-state index contributed by atoms with van der Waals surface area (Å²) in [5.74, 6) is -6.92. The molecule has 0 spiro atoms. The number of aliphatic hydroxyl groups excluding tert-OH is 2. The van der Waals surface area contributed by atoms with Crippen molar-refractivity contribution in [3.63, 3.8) is 0 Å². The van der Waals surface area contributed by atoms with E-state index >= 15 is 0 Å². The summed E-state index contributed by atoms with van der Waals surface area (Å²) >= 11 is 6.11. The van der Waals surface area contributed by atoms with E-state index in [9.17, 15) is 34.8 Å². The number of phenolic OH excluding ortho intramolecular Hbond substituents is 1. The highest BCUT2D eigenvalue weighted by Gasteiger charge is 2.64. The summed E-state index contributed by atoms with van der Waals surface area (Å²) in [4.78, 5) is 40.1.